The van der Waals surface area contributed by atoms with Crippen LogP contribution in [0.3, 0.4) is 0 Å². The molecule has 0 aliphatic carbocycles. The lowest BCUT2D eigenvalue weighted by molar-refractivity contribution is -0.199. The number of amides is 4. The maximum Gasteiger partial charge on any atom is 0.416 e. The summed E-state index contributed by atoms with van der Waals surface area (Å²) >= 11 is 0. The molecule has 19 heteroatoms. The van der Waals surface area contributed by atoms with Gasteiger partial charge < -0.3 is 57.6 Å². The second-order valence-corrected chi connectivity index (χ2v) is 20.9. The van der Waals surface area contributed by atoms with Crippen molar-refractivity contribution < 1.29 is 71.8 Å². The number of carbonyl (C=O) groups is 6. The van der Waals surface area contributed by atoms with Crippen LogP contribution in [0.25, 0.3) is 0 Å². The van der Waals surface area contributed by atoms with Crippen LogP contribution in [0, 0.1) is 13.8 Å². The van der Waals surface area contributed by atoms with E-state index in [2.05, 4.69) is 13.2 Å². The number of ketones is 1. The Morgan fingerprint density at radius 1 is 0.603 bits per heavy atom. The van der Waals surface area contributed by atoms with E-state index in [1.807, 2.05) is 29.7 Å². The van der Waals surface area contributed by atoms with Gasteiger partial charge in [-0.25, -0.2) is 19.4 Å². The summed E-state index contributed by atoms with van der Waals surface area (Å²) in [5.41, 5.74) is 3.22. The summed E-state index contributed by atoms with van der Waals surface area (Å²) in [6.07, 6.45) is 14.9. The molecular weight excluding hydrogens is 1000 g/mol. The third kappa shape index (κ3) is 15.6. The van der Waals surface area contributed by atoms with Crippen LogP contribution in [0.2, 0.25) is 0 Å². The first-order valence-electron chi connectivity index (χ1n) is 28.4. The monoisotopic (exact) mass is 1090 g/mol. The molecule has 78 heavy (non-hydrogen) atoms. The van der Waals surface area contributed by atoms with Crippen molar-refractivity contribution in [2.75, 3.05) is 62.5 Å². The summed E-state index contributed by atoms with van der Waals surface area (Å²) in [5, 5.41) is 8.84. The van der Waals surface area contributed by atoms with Crippen LogP contribution in [0.15, 0.2) is 49.6 Å². The van der Waals surface area contributed by atoms with Gasteiger partial charge in [0.2, 0.25) is 0 Å². The van der Waals surface area contributed by atoms with Gasteiger partial charge in [0.25, 0.3) is 11.8 Å². The molecule has 0 bridgehead atoms. The Morgan fingerprint density at radius 3 is 1.44 bits per heavy atom. The molecule has 0 radical (unpaired) electrons. The number of fused-ring (bicyclic) bond motifs is 4. The number of nitrogens with zero attached hydrogens (tertiary/aromatic N) is 4. The first kappa shape index (κ1) is 59.6. The van der Waals surface area contributed by atoms with Crippen molar-refractivity contribution in [1.82, 2.24) is 9.80 Å². The molecule has 2 aromatic rings. The van der Waals surface area contributed by atoms with Crippen LogP contribution in [-0.2, 0) is 38.0 Å². The molecule has 2 aromatic carbocycles. The Hall–Kier alpha value is -6.02. The maximum atomic E-state index is 13.9. The number of hydrogen-bond acceptors (Lipinski definition) is 14. The van der Waals surface area contributed by atoms with Crippen molar-refractivity contribution in [1.29, 1.82) is 0 Å². The van der Waals surface area contributed by atoms with Crippen LogP contribution in [0.1, 0.15) is 167 Å². The highest BCUT2D eigenvalue weighted by molar-refractivity contribution is 6.06. The first-order chi connectivity index (χ1) is 37.8. The predicted molar refractivity (Wildman–Crippen MR) is 291 cm³/mol. The number of ether oxygens (including phenoxy) is 8. The van der Waals surface area contributed by atoms with Crippen molar-refractivity contribution in [2.24, 2.45) is 0 Å². The van der Waals surface area contributed by atoms with Gasteiger partial charge in [-0.1, -0.05) is 25.3 Å². The Labute approximate surface area is 459 Å². The van der Waals surface area contributed by atoms with Crippen LogP contribution < -0.4 is 19.3 Å². The van der Waals surface area contributed by atoms with E-state index in [1.165, 1.54) is 22.0 Å². The Morgan fingerprint density at radius 2 is 1.04 bits per heavy atom. The summed E-state index contributed by atoms with van der Waals surface area (Å²) < 4.78 is 48.1. The molecule has 4 unspecified atom stereocenters. The molecule has 19 nitrogen and oxygen atoms in total. The number of hydrogen-bond donors (Lipinski definition) is 1. The van der Waals surface area contributed by atoms with E-state index < -0.39 is 43.2 Å². The molecule has 4 saturated heterocycles. The van der Waals surface area contributed by atoms with E-state index in [1.54, 1.807) is 25.1 Å². The zero-order valence-corrected chi connectivity index (χ0v) is 46.1. The number of benzene rings is 2. The van der Waals surface area contributed by atoms with Gasteiger partial charge in [0, 0.05) is 51.3 Å². The van der Waals surface area contributed by atoms with Crippen molar-refractivity contribution in [3.63, 3.8) is 0 Å². The number of rotatable bonds is 22. The molecular formula is C59H82N4O15. The van der Waals surface area contributed by atoms with Crippen molar-refractivity contribution in [2.45, 2.75) is 186 Å². The number of carboxylic acids is 1. The van der Waals surface area contributed by atoms with Gasteiger partial charge >= 0.3 is 18.2 Å². The van der Waals surface area contributed by atoms with Crippen LogP contribution in [-0.4, -0.2) is 141 Å². The third-order valence-electron chi connectivity index (χ3n) is 15.0. The fourth-order valence-corrected chi connectivity index (χ4v) is 11.0. The number of anilines is 2. The molecule has 1 N–H and O–H groups in total. The topological polar surface area (TPSA) is 209 Å². The molecule has 6 atom stereocenters. The van der Waals surface area contributed by atoms with E-state index in [9.17, 15) is 28.8 Å². The third-order valence-corrected chi connectivity index (χ3v) is 15.0. The van der Waals surface area contributed by atoms with Gasteiger partial charge in [-0.15, -0.1) is 0 Å². The van der Waals surface area contributed by atoms with E-state index >= 15 is 0 Å². The minimum absolute atomic E-state index is 0.0191. The highest BCUT2D eigenvalue weighted by Gasteiger charge is 2.48. The zero-order chi connectivity index (χ0) is 55.6. The minimum atomic E-state index is -0.808. The fourth-order valence-electron chi connectivity index (χ4n) is 11.0. The Balaban J connectivity index is 0.000000226. The number of aryl methyl sites for hydroxylation is 2. The predicted octanol–water partition coefficient (Wildman–Crippen LogP) is 10.6. The summed E-state index contributed by atoms with van der Waals surface area (Å²) in [6, 6.07) is 6.40. The van der Waals surface area contributed by atoms with E-state index in [4.69, 9.17) is 43.0 Å². The van der Waals surface area contributed by atoms with Crippen molar-refractivity contribution >= 4 is 47.1 Å². The molecule has 4 amide bonds. The van der Waals surface area contributed by atoms with Gasteiger partial charge in [0.15, 0.2) is 25.0 Å². The molecule has 6 heterocycles. The smallest absolute Gasteiger partial charge is 0.416 e. The molecule has 0 spiro atoms. The maximum absolute atomic E-state index is 13.9. The quantitative estimate of drug-likeness (QED) is 0.0859. The van der Waals surface area contributed by atoms with Crippen LogP contribution in [0.4, 0.5) is 21.0 Å². The second-order valence-electron chi connectivity index (χ2n) is 20.9. The lowest BCUT2D eigenvalue weighted by Crippen LogP contribution is -2.57. The van der Waals surface area contributed by atoms with E-state index in [-0.39, 0.29) is 49.3 Å². The standard InChI is InChI=1S/C30H42N2O7.C29H40N2O8/c1-4-16-38-30(35)32-25-20-26(36-17-10-5-6-12-22(3)33)21(2)19-23(25)28(34)31-15-9-7-13-24(31)29(32)39-27-14-8-11-18-37-27;1-3-15-38-29(35)31-23-19-24(36-16-9-4-5-12-25(32)33)20(2)18-21(23)27(34)30-14-8-6-11-22(30)28(31)39-26-13-7-10-17-37-26/h4,19-20,24,27,29H,1,5-18H2,2-3H3;3,18-19,22,26,28H,1,4-17H2,2H3,(H,32,33)/t24-,27?,29?;22-,26?,28?/m00/s1. The van der Waals surface area contributed by atoms with Gasteiger partial charge in [-0.05, 0) is 160 Å². The highest BCUT2D eigenvalue weighted by Crippen LogP contribution is 2.42. The van der Waals surface area contributed by atoms with Gasteiger partial charge in [-0.3, -0.25) is 14.4 Å². The number of piperidine rings is 2. The van der Waals surface area contributed by atoms with E-state index in [0.717, 1.165) is 94.6 Å². The summed E-state index contributed by atoms with van der Waals surface area (Å²) in [5.74, 6) is 0.270. The molecule has 6 aliphatic heterocycles. The lowest BCUT2D eigenvalue weighted by atomic mass is 10.00. The minimum Gasteiger partial charge on any atom is -0.493 e. The Bertz CT molecular complexity index is 2240. The molecule has 428 valence electrons. The summed E-state index contributed by atoms with van der Waals surface area (Å²) in [6.45, 7) is 16.0. The molecule has 8 rings (SSSR count). The van der Waals surface area contributed by atoms with E-state index in [0.29, 0.717) is 112 Å². The van der Waals surface area contributed by atoms with Crippen molar-refractivity contribution in [3.8, 4) is 11.5 Å². The zero-order valence-electron chi connectivity index (χ0n) is 46.1. The summed E-state index contributed by atoms with van der Waals surface area (Å²) in [4.78, 5) is 83.6. The first-order valence-corrected chi connectivity index (χ1v) is 28.4. The van der Waals surface area contributed by atoms with Crippen molar-refractivity contribution in [3.05, 3.63) is 71.8 Å². The van der Waals surface area contributed by atoms with Crippen LogP contribution >= 0.6 is 0 Å². The average molecular weight is 1090 g/mol. The summed E-state index contributed by atoms with van der Waals surface area (Å²) in [7, 11) is 0. The lowest BCUT2D eigenvalue weighted by Gasteiger charge is -2.42. The SMILES string of the molecule is C=CCOC(=O)N1c2cc(OCCCCCC(=O)O)c(C)cc2C(=O)N2CCCC[C@H]2C1OC1CCCCO1.C=CCOC(=O)N1c2cc(OCCCCCC(C)=O)c(C)cc2C(=O)N2CCCC[C@H]2C1OC1CCCCO1. The Kier molecular flexibility index (Phi) is 22.8. The highest BCUT2D eigenvalue weighted by atomic mass is 16.7. The molecule has 4 fully saturated rings. The van der Waals surface area contributed by atoms with Crippen LogP contribution in [0.5, 0.6) is 11.5 Å². The molecule has 6 aliphatic rings. The molecule has 0 aromatic heterocycles. The number of carboxylic acid groups (broad SMARTS) is 1. The molecule has 0 saturated carbocycles. The normalized spacial score (nSPS) is 22.9. The van der Waals surface area contributed by atoms with Gasteiger partial charge in [0.05, 0.1) is 47.8 Å². The second kappa shape index (κ2) is 29.8. The average Bonchev–Trinajstić information content (AvgIpc) is 3.65. The van der Waals surface area contributed by atoms with Gasteiger partial charge in [-0.2, -0.15) is 0 Å². The fraction of sp³-hybridized carbons (Fsp3) is 0.627. The number of Topliss-reactive ketones (excluding diaryl/α,β-unsaturated/α-hetero) is 1. The number of aliphatic carboxylic acids is 1. The van der Waals surface area contributed by atoms with Gasteiger partial charge in [0.1, 0.15) is 30.5 Å². The largest absolute Gasteiger partial charge is 0.493 e. The number of unbranched alkanes of at least 4 members (excludes halogenated alkanes) is 4. The number of carbonyl (C=O) groups excluding carboxylic acids is 5.